The van der Waals surface area contributed by atoms with E-state index in [0.29, 0.717) is 18.1 Å². The lowest BCUT2D eigenvalue weighted by Gasteiger charge is -2.11. The third-order valence-electron chi connectivity index (χ3n) is 3.55. The molecule has 0 bridgehead atoms. The van der Waals surface area contributed by atoms with Crippen LogP contribution in [0.1, 0.15) is 37.0 Å². The molecule has 1 unspecified atom stereocenters. The second kappa shape index (κ2) is 7.63. The average Bonchev–Trinajstić information content (AvgIpc) is 2.52. The molecule has 0 spiro atoms. The summed E-state index contributed by atoms with van der Waals surface area (Å²) in [4.78, 5) is 12.1. The van der Waals surface area contributed by atoms with Gasteiger partial charge in [0.15, 0.2) is 0 Å². The van der Waals surface area contributed by atoms with Crippen LogP contribution in [0.2, 0.25) is 0 Å². The first kappa shape index (κ1) is 15.3. The van der Waals surface area contributed by atoms with Crippen molar-refractivity contribution in [3.8, 4) is 0 Å². The minimum Gasteiger partial charge on any atom is -0.462 e. The maximum atomic E-state index is 12.1. The predicted molar refractivity (Wildman–Crippen MR) is 87.4 cm³/mol. The zero-order valence-electron chi connectivity index (χ0n) is 12.7. The number of rotatable bonds is 6. The summed E-state index contributed by atoms with van der Waals surface area (Å²) in [6.07, 6.45) is 6.26. The number of esters is 1. The molecule has 0 N–H and O–H groups in total. The van der Waals surface area contributed by atoms with E-state index in [9.17, 15) is 4.79 Å². The number of carbonyl (C=O) groups is 1. The van der Waals surface area contributed by atoms with Gasteiger partial charge < -0.3 is 4.74 Å². The van der Waals surface area contributed by atoms with Crippen LogP contribution in [0.3, 0.4) is 0 Å². The van der Waals surface area contributed by atoms with Crippen LogP contribution < -0.4 is 0 Å². The van der Waals surface area contributed by atoms with Crippen LogP contribution in [0.5, 0.6) is 0 Å². The quantitative estimate of drug-likeness (QED) is 0.551. The van der Waals surface area contributed by atoms with Gasteiger partial charge in [-0.15, -0.1) is 0 Å². The zero-order valence-corrected chi connectivity index (χ0v) is 12.7. The monoisotopic (exact) mass is 282 g/mol. The summed E-state index contributed by atoms with van der Waals surface area (Å²) < 4.78 is 5.41. The second-order valence-corrected chi connectivity index (χ2v) is 5.41. The van der Waals surface area contributed by atoms with Gasteiger partial charge in [0.2, 0.25) is 0 Å². The van der Waals surface area contributed by atoms with Crippen molar-refractivity contribution < 1.29 is 9.53 Å². The van der Waals surface area contributed by atoms with Crippen LogP contribution >= 0.6 is 0 Å². The minimum atomic E-state index is -0.237. The Hall–Kier alpha value is -2.09. The standard InChI is InChI=1S/C19H22O2/c1-3-4-5-8-15(2)14-21-19(20)18-12-11-16-9-6-7-10-17(16)13-18/h3-4,6-7,9-13,15H,5,8,14H2,1-2H3. The Bertz CT molecular complexity index is 628. The molecule has 2 heteroatoms. The predicted octanol–water partition coefficient (Wildman–Crippen LogP) is 4.99. The Labute approximate surface area is 126 Å². The van der Waals surface area contributed by atoms with Crippen molar-refractivity contribution in [3.63, 3.8) is 0 Å². The lowest BCUT2D eigenvalue weighted by Crippen LogP contribution is -2.12. The van der Waals surface area contributed by atoms with Gasteiger partial charge in [-0.25, -0.2) is 4.79 Å². The number of fused-ring (bicyclic) bond motifs is 1. The lowest BCUT2D eigenvalue weighted by molar-refractivity contribution is 0.0445. The van der Waals surface area contributed by atoms with Crippen molar-refractivity contribution in [1.29, 1.82) is 0 Å². The van der Waals surface area contributed by atoms with Gasteiger partial charge in [-0.3, -0.25) is 0 Å². The summed E-state index contributed by atoms with van der Waals surface area (Å²) in [7, 11) is 0. The maximum Gasteiger partial charge on any atom is 0.338 e. The molecule has 0 aliphatic heterocycles. The van der Waals surface area contributed by atoms with Gasteiger partial charge in [-0.1, -0.05) is 49.4 Å². The van der Waals surface area contributed by atoms with E-state index < -0.39 is 0 Å². The van der Waals surface area contributed by atoms with Crippen molar-refractivity contribution >= 4 is 16.7 Å². The number of benzene rings is 2. The SMILES string of the molecule is CC=CCCC(C)COC(=O)c1ccc2ccccc2c1. The Morgan fingerprint density at radius 3 is 2.71 bits per heavy atom. The van der Waals surface area contributed by atoms with Crippen molar-refractivity contribution in [2.24, 2.45) is 5.92 Å². The first-order chi connectivity index (χ1) is 10.2. The van der Waals surface area contributed by atoms with Crippen molar-refractivity contribution in [2.75, 3.05) is 6.61 Å². The highest BCUT2D eigenvalue weighted by Crippen LogP contribution is 2.17. The summed E-state index contributed by atoms with van der Waals surface area (Å²) in [5.74, 6) is 0.143. The molecular formula is C19H22O2. The molecule has 2 aromatic rings. The van der Waals surface area contributed by atoms with Gasteiger partial charge in [0.1, 0.15) is 0 Å². The van der Waals surface area contributed by atoms with Crippen LogP contribution in [0.25, 0.3) is 10.8 Å². The number of hydrogen-bond donors (Lipinski definition) is 0. The highest BCUT2D eigenvalue weighted by molar-refractivity contribution is 5.95. The summed E-state index contributed by atoms with van der Waals surface area (Å²) >= 11 is 0. The number of ether oxygens (including phenoxy) is 1. The fraction of sp³-hybridized carbons (Fsp3) is 0.316. The van der Waals surface area contributed by atoms with Crippen molar-refractivity contribution in [2.45, 2.75) is 26.7 Å². The van der Waals surface area contributed by atoms with Gasteiger partial charge in [0.05, 0.1) is 12.2 Å². The van der Waals surface area contributed by atoms with E-state index >= 15 is 0 Å². The van der Waals surface area contributed by atoms with Gasteiger partial charge in [0, 0.05) is 0 Å². The average molecular weight is 282 g/mol. The topological polar surface area (TPSA) is 26.3 Å². The number of carbonyl (C=O) groups excluding carboxylic acids is 1. The summed E-state index contributed by atoms with van der Waals surface area (Å²) in [5.41, 5.74) is 0.620. The molecule has 0 aliphatic rings. The molecule has 21 heavy (non-hydrogen) atoms. The molecular weight excluding hydrogens is 260 g/mol. The fourth-order valence-corrected chi connectivity index (χ4v) is 2.25. The molecule has 1 atom stereocenters. The highest BCUT2D eigenvalue weighted by atomic mass is 16.5. The van der Waals surface area contributed by atoms with Gasteiger partial charge in [-0.05, 0) is 48.6 Å². The van der Waals surface area contributed by atoms with Crippen LogP contribution in [0.4, 0.5) is 0 Å². The smallest absolute Gasteiger partial charge is 0.338 e. The molecule has 2 aromatic carbocycles. The molecule has 0 saturated heterocycles. The Balaban J connectivity index is 1.92. The Morgan fingerprint density at radius 1 is 1.19 bits per heavy atom. The molecule has 0 radical (unpaired) electrons. The van der Waals surface area contributed by atoms with Crippen LogP contribution in [0, 0.1) is 5.92 Å². The van der Waals surface area contributed by atoms with E-state index in [1.165, 1.54) is 0 Å². The number of hydrogen-bond acceptors (Lipinski definition) is 2. The van der Waals surface area contributed by atoms with E-state index in [-0.39, 0.29) is 5.97 Å². The Morgan fingerprint density at radius 2 is 1.95 bits per heavy atom. The first-order valence-corrected chi connectivity index (χ1v) is 7.48. The normalized spacial score (nSPS) is 12.7. The van der Waals surface area contributed by atoms with E-state index in [2.05, 4.69) is 13.0 Å². The molecule has 2 rings (SSSR count). The molecule has 0 heterocycles. The highest BCUT2D eigenvalue weighted by Gasteiger charge is 2.10. The van der Waals surface area contributed by atoms with Gasteiger partial charge in [-0.2, -0.15) is 0 Å². The third-order valence-corrected chi connectivity index (χ3v) is 3.55. The molecule has 0 saturated carbocycles. The molecule has 0 amide bonds. The minimum absolute atomic E-state index is 0.237. The molecule has 110 valence electrons. The van der Waals surface area contributed by atoms with Crippen LogP contribution in [-0.2, 0) is 4.74 Å². The van der Waals surface area contributed by atoms with E-state index in [1.807, 2.05) is 55.5 Å². The van der Waals surface area contributed by atoms with Gasteiger partial charge in [0.25, 0.3) is 0 Å². The largest absolute Gasteiger partial charge is 0.462 e. The van der Waals surface area contributed by atoms with E-state index in [4.69, 9.17) is 4.74 Å². The Kier molecular flexibility index (Phi) is 5.56. The second-order valence-electron chi connectivity index (χ2n) is 5.41. The molecule has 0 fully saturated rings. The van der Waals surface area contributed by atoms with Crippen LogP contribution in [-0.4, -0.2) is 12.6 Å². The third kappa shape index (κ3) is 4.45. The summed E-state index contributed by atoms with van der Waals surface area (Å²) in [6.45, 7) is 4.60. The summed E-state index contributed by atoms with van der Waals surface area (Å²) in [5, 5.41) is 2.20. The van der Waals surface area contributed by atoms with E-state index in [1.54, 1.807) is 0 Å². The van der Waals surface area contributed by atoms with Gasteiger partial charge >= 0.3 is 5.97 Å². The number of allylic oxidation sites excluding steroid dienone is 2. The van der Waals surface area contributed by atoms with Crippen molar-refractivity contribution in [3.05, 3.63) is 60.2 Å². The maximum absolute atomic E-state index is 12.1. The molecule has 0 aliphatic carbocycles. The fourth-order valence-electron chi connectivity index (χ4n) is 2.25. The van der Waals surface area contributed by atoms with Crippen molar-refractivity contribution in [1.82, 2.24) is 0 Å². The van der Waals surface area contributed by atoms with Crippen LogP contribution in [0.15, 0.2) is 54.6 Å². The van der Waals surface area contributed by atoms with E-state index in [0.717, 1.165) is 23.6 Å². The molecule has 2 nitrogen and oxygen atoms in total. The molecule has 0 aromatic heterocycles. The zero-order chi connectivity index (χ0) is 15.1. The summed E-state index contributed by atoms with van der Waals surface area (Å²) in [6, 6.07) is 13.7. The first-order valence-electron chi connectivity index (χ1n) is 7.48. The lowest BCUT2D eigenvalue weighted by atomic mass is 10.1.